The zero-order chi connectivity index (χ0) is 21.8. The van der Waals surface area contributed by atoms with Gasteiger partial charge < -0.3 is 35.9 Å². The number of carbonyl (C=O) groups is 4. The standard InChI is InChI=1S/C15H16N2O6S2.CH3NO2.Na/c1-23-15(16-10(19)5-9-3-2-4-24-9)13(22)17-11(12(20)21)8(6-18)7-25-14(15)17;2-1(3)4;/h2-4,14,18H,5-7H2,1H3,(H,16,19)(H,20,21);2H2,(H,3,4);/q;;+1/p-1/t14-,15+;;/m1../s1. The second kappa shape index (κ2) is 11.1. The number of carboxylic acid groups (broad SMARTS) is 2. The molecule has 14 heteroatoms. The summed E-state index contributed by atoms with van der Waals surface area (Å²) in [4.78, 5) is 47.0. The van der Waals surface area contributed by atoms with E-state index in [0.29, 0.717) is 0 Å². The number of ether oxygens (including phenoxy) is 1. The Morgan fingerprint density at radius 3 is 2.57 bits per heavy atom. The topological polar surface area (TPSA) is 182 Å². The monoisotopic (exact) mass is 467 g/mol. The third kappa shape index (κ3) is 5.35. The number of β-lactam (4-membered cyclic amide) rings is 1. The maximum atomic E-state index is 12.7. The van der Waals surface area contributed by atoms with Crippen LogP contribution in [0.5, 0.6) is 0 Å². The van der Waals surface area contributed by atoms with Gasteiger partial charge in [0.15, 0.2) is 0 Å². The third-order valence-corrected chi connectivity index (χ3v) is 6.32. The number of carboxylic acids is 1. The molecule has 1 aromatic heterocycles. The largest absolute Gasteiger partial charge is 1.00 e. The van der Waals surface area contributed by atoms with Crippen LogP contribution in [0.15, 0.2) is 28.8 Å². The van der Waals surface area contributed by atoms with E-state index >= 15 is 0 Å². The summed E-state index contributed by atoms with van der Waals surface area (Å²) in [5.41, 5.74) is 2.34. The van der Waals surface area contributed by atoms with Crippen molar-refractivity contribution in [2.75, 3.05) is 19.5 Å². The van der Waals surface area contributed by atoms with Gasteiger partial charge in [0, 0.05) is 17.7 Å². The van der Waals surface area contributed by atoms with Gasteiger partial charge in [0.05, 0.1) is 13.0 Å². The van der Waals surface area contributed by atoms with Crippen LogP contribution in [-0.4, -0.2) is 69.6 Å². The summed E-state index contributed by atoms with van der Waals surface area (Å²) in [6.45, 7) is -0.449. The summed E-state index contributed by atoms with van der Waals surface area (Å²) >= 11 is 2.67. The van der Waals surface area contributed by atoms with Gasteiger partial charge in [-0.25, -0.2) is 4.79 Å². The van der Waals surface area contributed by atoms with Crippen molar-refractivity contribution >= 4 is 47.0 Å². The van der Waals surface area contributed by atoms with Crippen molar-refractivity contribution in [2.24, 2.45) is 5.73 Å². The molecule has 0 aromatic carbocycles. The summed E-state index contributed by atoms with van der Waals surface area (Å²) in [5, 5.41) is 31.1. The van der Waals surface area contributed by atoms with E-state index in [0.717, 1.165) is 9.78 Å². The normalized spacial score (nSPS) is 22.0. The molecule has 0 radical (unpaired) electrons. The number of rotatable bonds is 6. The van der Waals surface area contributed by atoms with Crippen molar-refractivity contribution in [3.05, 3.63) is 33.7 Å². The van der Waals surface area contributed by atoms with Crippen LogP contribution in [0.4, 0.5) is 4.79 Å². The SMILES string of the molecule is CO[C@@]1(NC(=O)Cc2cccs2)C(=O)N2C(C(=O)O)=C(CO)CS[C@@H]21.NC(=O)[O-].[Na+]. The van der Waals surface area contributed by atoms with E-state index in [1.54, 1.807) is 0 Å². The zero-order valence-corrected chi connectivity index (χ0v) is 19.7. The van der Waals surface area contributed by atoms with Crippen molar-refractivity contribution < 1.29 is 68.8 Å². The number of methoxy groups -OCH3 is 1. The van der Waals surface area contributed by atoms with Crippen LogP contribution in [0.1, 0.15) is 4.88 Å². The number of nitrogens with one attached hydrogen (secondary N) is 1. The Kier molecular flexibility index (Phi) is 9.81. The molecule has 3 amide bonds. The third-order valence-electron chi connectivity index (χ3n) is 4.07. The molecule has 0 aliphatic carbocycles. The summed E-state index contributed by atoms with van der Waals surface area (Å²) in [6.07, 6.45) is -1.48. The van der Waals surface area contributed by atoms with E-state index in [9.17, 15) is 24.6 Å². The average Bonchev–Trinajstić information content (AvgIpc) is 3.16. The maximum absolute atomic E-state index is 12.7. The van der Waals surface area contributed by atoms with Crippen molar-refractivity contribution in [2.45, 2.75) is 17.5 Å². The van der Waals surface area contributed by atoms with Gasteiger partial charge in [0.2, 0.25) is 5.91 Å². The second-order valence-corrected chi connectivity index (χ2v) is 7.92. The molecule has 30 heavy (non-hydrogen) atoms. The predicted octanol–water partition coefficient (Wildman–Crippen LogP) is -4.71. The number of hydrogen-bond donors (Lipinski definition) is 4. The van der Waals surface area contributed by atoms with Crippen LogP contribution < -0.4 is 45.7 Å². The summed E-state index contributed by atoms with van der Waals surface area (Å²) < 4.78 is 5.32. The summed E-state index contributed by atoms with van der Waals surface area (Å²) in [6, 6.07) is 3.64. The molecule has 2 atom stereocenters. The Bertz CT molecular complexity index is 844. The van der Waals surface area contributed by atoms with E-state index in [-0.39, 0.29) is 58.9 Å². The first-order valence-electron chi connectivity index (χ1n) is 8.04. The number of hydrogen-bond acceptors (Lipinski definition) is 9. The van der Waals surface area contributed by atoms with Crippen molar-refractivity contribution in [1.29, 1.82) is 0 Å². The minimum absolute atomic E-state index is 0. The molecule has 11 nitrogen and oxygen atoms in total. The quantitative estimate of drug-likeness (QED) is 0.181. The minimum atomic E-state index is -1.60. The number of nitrogens with two attached hydrogens (primary N) is 1. The molecular formula is C16H18N3NaO8S2. The molecule has 1 fully saturated rings. The molecule has 0 bridgehead atoms. The van der Waals surface area contributed by atoms with Crippen LogP contribution in [0.2, 0.25) is 0 Å². The number of fused-ring (bicyclic) bond motifs is 1. The molecule has 2 aliphatic rings. The molecule has 0 unspecified atom stereocenters. The molecule has 3 rings (SSSR count). The number of aliphatic carboxylic acids is 1. The van der Waals surface area contributed by atoms with Gasteiger partial charge in [-0.2, -0.15) is 0 Å². The van der Waals surface area contributed by atoms with Gasteiger partial charge >= 0.3 is 35.5 Å². The smallest absolute Gasteiger partial charge is 0.530 e. The molecule has 1 aromatic rings. The fraction of sp³-hybridized carbons (Fsp3) is 0.375. The van der Waals surface area contributed by atoms with E-state index in [1.807, 2.05) is 17.5 Å². The number of primary amides is 1. The zero-order valence-electron chi connectivity index (χ0n) is 16.1. The number of nitrogens with zero attached hydrogens (tertiary/aromatic N) is 1. The molecule has 1 saturated heterocycles. The molecule has 0 saturated carbocycles. The molecular weight excluding hydrogens is 449 g/mol. The summed E-state index contributed by atoms with van der Waals surface area (Å²) in [7, 11) is 1.30. The first-order chi connectivity index (χ1) is 13.7. The van der Waals surface area contributed by atoms with Gasteiger partial charge in [0.25, 0.3) is 11.6 Å². The average molecular weight is 467 g/mol. The number of aliphatic hydroxyl groups is 1. The van der Waals surface area contributed by atoms with Crippen LogP contribution in [0.25, 0.3) is 0 Å². The van der Waals surface area contributed by atoms with Gasteiger partial charge in [-0.1, -0.05) is 6.07 Å². The molecule has 2 aliphatic heterocycles. The Morgan fingerprint density at radius 1 is 1.47 bits per heavy atom. The Morgan fingerprint density at radius 2 is 2.10 bits per heavy atom. The number of amides is 3. The van der Waals surface area contributed by atoms with Gasteiger partial charge in [-0.15, -0.1) is 23.1 Å². The summed E-state index contributed by atoms with van der Waals surface area (Å²) in [5.74, 6) is -2.10. The molecule has 0 spiro atoms. The molecule has 5 N–H and O–H groups in total. The number of thiophene rings is 1. The van der Waals surface area contributed by atoms with E-state index in [4.69, 9.17) is 14.6 Å². The van der Waals surface area contributed by atoms with E-state index in [2.05, 4.69) is 11.1 Å². The number of carbonyl (C=O) groups excluding carboxylic acids is 3. The van der Waals surface area contributed by atoms with Crippen LogP contribution in [0, 0.1) is 0 Å². The number of aliphatic hydroxyl groups excluding tert-OH is 1. The van der Waals surface area contributed by atoms with Crippen molar-refractivity contribution in [1.82, 2.24) is 10.2 Å². The van der Waals surface area contributed by atoms with Crippen LogP contribution >= 0.6 is 23.1 Å². The first kappa shape index (κ1) is 26.4. The minimum Gasteiger partial charge on any atom is -0.530 e. The Hall–Kier alpha value is -1.61. The van der Waals surface area contributed by atoms with Gasteiger partial charge in [-0.3, -0.25) is 14.5 Å². The number of thioether (sulfide) groups is 1. The fourth-order valence-electron chi connectivity index (χ4n) is 2.89. The Balaban J connectivity index is 0.000000827. The van der Waals surface area contributed by atoms with Gasteiger partial charge in [0.1, 0.15) is 17.2 Å². The first-order valence-corrected chi connectivity index (χ1v) is 9.97. The second-order valence-electron chi connectivity index (χ2n) is 5.82. The van der Waals surface area contributed by atoms with E-state index < -0.39 is 35.7 Å². The molecule has 3 heterocycles. The van der Waals surface area contributed by atoms with Crippen molar-refractivity contribution in [3.8, 4) is 0 Å². The Labute approximate surface area is 201 Å². The van der Waals surface area contributed by atoms with Crippen LogP contribution in [-0.2, 0) is 25.5 Å². The van der Waals surface area contributed by atoms with Crippen molar-refractivity contribution in [3.63, 3.8) is 0 Å². The fourth-order valence-corrected chi connectivity index (χ4v) is 5.02. The van der Waals surface area contributed by atoms with E-state index in [1.165, 1.54) is 30.2 Å². The maximum Gasteiger partial charge on any atom is 1.00 e. The molecule has 158 valence electrons. The van der Waals surface area contributed by atoms with Gasteiger partial charge in [-0.05, 0) is 17.0 Å². The predicted molar refractivity (Wildman–Crippen MR) is 100 cm³/mol. The van der Waals surface area contributed by atoms with Crippen LogP contribution in [0.3, 0.4) is 0 Å².